The van der Waals surface area contributed by atoms with Crippen LogP contribution >= 0.6 is 0 Å². The highest BCUT2D eigenvalue weighted by molar-refractivity contribution is 5.63. The minimum absolute atomic E-state index is 0.131. The molecule has 2 aromatic rings. The molecule has 0 N–H and O–H groups in total. The Kier molecular flexibility index (Phi) is 3.13. The summed E-state index contributed by atoms with van der Waals surface area (Å²) in [5, 5.41) is 12.2. The molecule has 1 aliphatic heterocycles. The Morgan fingerprint density at radius 1 is 1.36 bits per heavy atom. The summed E-state index contributed by atoms with van der Waals surface area (Å²) in [6, 6.07) is 6.37. The van der Waals surface area contributed by atoms with Crippen LogP contribution in [0.25, 0.3) is 0 Å². The van der Waals surface area contributed by atoms with Gasteiger partial charge in [-0.15, -0.1) is 5.10 Å². The zero-order chi connectivity index (χ0) is 15.1. The van der Waals surface area contributed by atoms with Gasteiger partial charge in [0.2, 0.25) is 0 Å². The molecule has 1 fully saturated rings. The molecule has 1 unspecified atom stereocenters. The van der Waals surface area contributed by atoms with Crippen molar-refractivity contribution in [3.8, 4) is 11.5 Å². The first-order valence-corrected chi connectivity index (χ1v) is 7.61. The van der Waals surface area contributed by atoms with E-state index >= 15 is 0 Å². The van der Waals surface area contributed by atoms with Crippen LogP contribution in [0.15, 0.2) is 18.2 Å². The maximum absolute atomic E-state index is 5.92. The normalized spacial score (nSPS) is 20.5. The number of benzene rings is 1. The van der Waals surface area contributed by atoms with Crippen LogP contribution in [0.5, 0.6) is 11.5 Å². The summed E-state index contributed by atoms with van der Waals surface area (Å²) >= 11 is 0. The smallest absolute Gasteiger partial charge is 0.170 e. The van der Waals surface area contributed by atoms with E-state index < -0.39 is 0 Å². The van der Waals surface area contributed by atoms with Crippen molar-refractivity contribution in [3.05, 3.63) is 24.0 Å². The quantitative estimate of drug-likeness (QED) is 0.858. The predicted octanol–water partition coefficient (Wildman–Crippen LogP) is 1.80. The standard InChI is InChI=1S/C15H19N5O2/c1-10-8-19(9-15-16-17-18-20(15)11-3-4-11)13-7-12(21-2)5-6-14(13)22-10/h5-7,10-11H,3-4,8-9H2,1-2H3. The van der Waals surface area contributed by atoms with E-state index in [1.54, 1.807) is 7.11 Å². The van der Waals surface area contributed by atoms with Gasteiger partial charge < -0.3 is 14.4 Å². The average Bonchev–Trinajstić information content (AvgIpc) is 3.27. The molecule has 22 heavy (non-hydrogen) atoms. The highest BCUT2D eigenvalue weighted by atomic mass is 16.5. The van der Waals surface area contributed by atoms with Gasteiger partial charge in [-0.25, -0.2) is 4.68 Å². The molecule has 0 spiro atoms. The first-order valence-electron chi connectivity index (χ1n) is 7.61. The summed E-state index contributed by atoms with van der Waals surface area (Å²) in [5.41, 5.74) is 1.03. The second-order valence-corrected chi connectivity index (χ2v) is 5.91. The van der Waals surface area contributed by atoms with E-state index in [-0.39, 0.29) is 6.10 Å². The van der Waals surface area contributed by atoms with Crippen molar-refractivity contribution in [1.29, 1.82) is 0 Å². The van der Waals surface area contributed by atoms with Crippen LogP contribution in [0.4, 0.5) is 5.69 Å². The summed E-state index contributed by atoms with van der Waals surface area (Å²) in [5.74, 6) is 2.61. The molecular formula is C15H19N5O2. The van der Waals surface area contributed by atoms with E-state index in [2.05, 4.69) is 27.3 Å². The number of methoxy groups -OCH3 is 1. The third-order valence-corrected chi connectivity index (χ3v) is 4.10. The third kappa shape index (κ3) is 2.36. The van der Waals surface area contributed by atoms with E-state index in [0.29, 0.717) is 12.6 Å². The first kappa shape index (κ1) is 13.4. The highest BCUT2D eigenvalue weighted by Gasteiger charge is 2.30. The number of nitrogens with zero attached hydrogens (tertiary/aromatic N) is 5. The van der Waals surface area contributed by atoms with Gasteiger partial charge >= 0.3 is 0 Å². The average molecular weight is 301 g/mol. The molecule has 2 heterocycles. The Morgan fingerprint density at radius 3 is 3.00 bits per heavy atom. The molecule has 1 aromatic heterocycles. The lowest BCUT2D eigenvalue weighted by molar-refractivity contribution is 0.211. The van der Waals surface area contributed by atoms with Crippen LogP contribution in [0, 0.1) is 0 Å². The molecule has 7 heteroatoms. The molecule has 1 aliphatic carbocycles. The Bertz CT molecular complexity index is 682. The van der Waals surface area contributed by atoms with Gasteiger partial charge in [-0.3, -0.25) is 0 Å². The van der Waals surface area contributed by atoms with E-state index in [1.807, 2.05) is 22.9 Å². The van der Waals surface area contributed by atoms with E-state index in [9.17, 15) is 0 Å². The van der Waals surface area contributed by atoms with Crippen LogP contribution < -0.4 is 14.4 Å². The Balaban J connectivity index is 1.65. The number of hydrogen-bond acceptors (Lipinski definition) is 6. The Morgan fingerprint density at radius 2 is 2.23 bits per heavy atom. The van der Waals surface area contributed by atoms with Crippen molar-refractivity contribution < 1.29 is 9.47 Å². The lowest BCUT2D eigenvalue weighted by atomic mass is 10.2. The molecule has 0 bridgehead atoms. The molecule has 1 atom stereocenters. The van der Waals surface area contributed by atoms with Crippen molar-refractivity contribution in [2.45, 2.75) is 38.5 Å². The van der Waals surface area contributed by atoms with Gasteiger partial charge in [0.15, 0.2) is 5.82 Å². The van der Waals surface area contributed by atoms with Crippen LogP contribution in [0.2, 0.25) is 0 Å². The van der Waals surface area contributed by atoms with Crippen molar-refractivity contribution in [2.24, 2.45) is 0 Å². The summed E-state index contributed by atoms with van der Waals surface area (Å²) in [7, 11) is 1.67. The fourth-order valence-electron chi connectivity index (χ4n) is 2.87. The molecule has 116 valence electrons. The van der Waals surface area contributed by atoms with Crippen LogP contribution in [-0.2, 0) is 6.54 Å². The third-order valence-electron chi connectivity index (χ3n) is 4.10. The minimum atomic E-state index is 0.131. The summed E-state index contributed by atoms with van der Waals surface area (Å²) in [4.78, 5) is 2.26. The maximum Gasteiger partial charge on any atom is 0.170 e. The molecule has 0 saturated heterocycles. The van der Waals surface area contributed by atoms with Gasteiger partial charge in [-0.2, -0.15) is 0 Å². The van der Waals surface area contributed by atoms with Crippen LogP contribution in [-0.4, -0.2) is 40.0 Å². The topological polar surface area (TPSA) is 65.3 Å². The number of fused-ring (bicyclic) bond motifs is 1. The molecular weight excluding hydrogens is 282 g/mol. The Labute approximate surface area is 128 Å². The zero-order valence-corrected chi connectivity index (χ0v) is 12.8. The summed E-state index contributed by atoms with van der Waals surface area (Å²) in [6.07, 6.45) is 2.47. The lowest BCUT2D eigenvalue weighted by Gasteiger charge is -2.34. The van der Waals surface area contributed by atoms with Crippen LogP contribution in [0.3, 0.4) is 0 Å². The van der Waals surface area contributed by atoms with E-state index in [1.165, 1.54) is 12.8 Å². The summed E-state index contributed by atoms with van der Waals surface area (Å²) in [6.45, 7) is 3.55. The molecule has 4 rings (SSSR count). The molecule has 1 aromatic carbocycles. The lowest BCUT2D eigenvalue weighted by Crippen LogP contribution is -2.38. The predicted molar refractivity (Wildman–Crippen MR) is 80.2 cm³/mol. The molecule has 7 nitrogen and oxygen atoms in total. The first-order chi connectivity index (χ1) is 10.7. The number of tetrazole rings is 1. The number of anilines is 1. The fraction of sp³-hybridized carbons (Fsp3) is 0.533. The summed E-state index contributed by atoms with van der Waals surface area (Å²) < 4.78 is 13.2. The van der Waals surface area contributed by atoms with Crippen LogP contribution in [0.1, 0.15) is 31.6 Å². The van der Waals surface area contributed by atoms with Gasteiger partial charge in [0.25, 0.3) is 0 Å². The van der Waals surface area contributed by atoms with Crippen molar-refractivity contribution in [1.82, 2.24) is 20.2 Å². The van der Waals surface area contributed by atoms with Gasteiger partial charge in [-0.05, 0) is 42.3 Å². The van der Waals surface area contributed by atoms with Crippen molar-refractivity contribution in [2.75, 3.05) is 18.6 Å². The monoisotopic (exact) mass is 301 g/mol. The van der Waals surface area contributed by atoms with E-state index in [4.69, 9.17) is 9.47 Å². The fourth-order valence-corrected chi connectivity index (χ4v) is 2.87. The minimum Gasteiger partial charge on any atom is -0.497 e. The van der Waals surface area contributed by atoms with Gasteiger partial charge in [0, 0.05) is 6.07 Å². The number of ether oxygens (including phenoxy) is 2. The highest BCUT2D eigenvalue weighted by Crippen LogP contribution is 2.38. The molecule has 0 radical (unpaired) electrons. The number of rotatable bonds is 4. The van der Waals surface area contributed by atoms with E-state index in [0.717, 1.165) is 29.6 Å². The van der Waals surface area contributed by atoms with Gasteiger partial charge in [0.1, 0.15) is 17.6 Å². The SMILES string of the molecule is COc1ccc2c(c1)N(Cc1nnnn1C1CC1)CC(C)O2. The molecule has 2 aliphatic rings. The molecule has 1 saturated carbocycles. The Hall–Kier alpha value is -2.31. The van der Waals surface area contributed by atoms with Gasteiger partial charge in [-0.1, -0.05) is 0 Å². The molecule has 0 amide bonds. The second kappa shape index (κ2) is 5.15. The number of aromatic nitrogens is 4. The number of hydrogen-bond donors (Lipinski definition) is 0. The maximum atomic E-state index is 5.92. The zero-order valence-electron chi connectivity index (χ0n) is 12.8. The largest absolute Gasteiger partial charge is 0.497 e. The second-order valence-electron chi connectivity index (χ2n) is 5.91. The van der Waals surface area contributed by atoms with Crippen molar-refractivity contribution >= 4 is 5.69 Å². The van der Waals surface area contributed by atoms with Crippen molar-refractivity contribution in [3.63, 3.8) is 0 Å². The van der Waals surface area contributed by atoms with Gasteiger partial charge in [0.05, 0.1) is 31.9 Å².